The van der Waals surface area contributed by atoms with Crippen molar-refractivity contribution in [3.63, 3.8) is 0 Å². The quantitative estimate of drug-likeness (QED) is 0.564. The van der Waals surface area contributed by atoms with Gasteiger partial charge in [-0.3, -0.25) is 0 Å². The molecule has 4 unspecified atom stereocenters. The Bertz CT molecular complexity index is 332. The standard InChI is InChI=1S/C18H32O2/c1-4-7-10-17(11-8-5-2)13-18(12-9-6-3)16(20-18)14-15(17)19-14/h14-16H,4-13H2,1-3H3. The zero-order valence-electron chi connectivity index (χ0n) is 13.6. The van der Waals surface area contributed by atoms with Crippen molar-refractivity contribution in [2.45, 2.75) is 109 Å². The second kappa shape index (κ2) is 5.61. The van der Waals surface area contributed by atoms with E-state index in [2.05, 4.69) is 20.8 Å². The second-order valence-electron chi connectivity index (χ2n) is 7.47. The number of hydrogen-bond acceptors (Lipinski definition) is 2. The predicted octanol–water partition coefficient (Wildman–Crippen LogP) is 4.85. The Morgan fingerprint density at radius 1 is 0.850 bits per heavy atom. The van der Waals surface area contributed by atoms with Crippen molar-refractivity contribution in [3.05, 3.63) is 0 Å². The molecule has 1 saturated carbocycles. The lowest BCUT2D eigenvalue weighted by Crippen LogP contribution is -2.41. The first kappa shape index (κ1) is 14.8. The average molecular weight is 280 g/mol. The van der Waals surface area contributed by atoms with Crippen LogP contribution in [0.5, 0.6) is 0 Å². The third-order valence-corrected chi connectivity index (χ3v) is 5.91. The molecule has 3 fully saturated rings. The molecule has 2 saturated heterocycles. The van der Waals surface area contributed by atoms with Crippen LogP contribution in [0.2, 0.25) is 0 Å². The summed E-state index contributed by atoms with van der Waals surface area (Å²) in [7, 11) is 0. The van der Waals surface area contributed by atoms with Gasteiger partial charge in [-0.25, -0.2) is 0 Å². The molecular weight excluding hydrogens is 248 g/mol. The highest BCUT2D eigenvalue weighted by Crippen LogP contribution is 2.66. The number of ether oxygens (including phenoxy) is 2. The molecule has 0 aromatic heterocycles. The zero-order chi connectivity index (χ0) is 14.2. The van der Waals surface area contributed by atoms with Crippen LogP contribution in [0.25, 0.3) is 0 Å². The molecule has 2 heteroatoms. The number of fused-ring (bicyclic) bond motifs is 3. The van der Waals surface area contributed by atoms with Crippen molar-refractivity contribution in [3.8, 4) is 0 Å². The summed E-state index contributed by atoms with van der Waals surface area (Å²) in [6, 6.07) is 0. The monoisotopic (exact) mass is 280 g/mol. The van der Waals surface area contributed by atoms with Crippen LogP contribution in [0.1, 0.15) is 85.0 Å². The highest BCUT2D eigenvalue weighted by Gasteiger charge is 2.76. The van der Waals surface area contributed by atoms with Crippen LogP contribution in [0.3, 0.4) is 0 Å². The van der Waals surface area contributed by atoms with Crippen molar-refractivity contribution in [1.29, 1.82) is 0 Å². The van der Waals surface area contributed by atoms with Crippen molar-refractivity contribution < 1.29 is 9.47 Å². The van der Waals surface area contributed by atoms with Crippen LogP contribution in [-0.2, 0) is 9.47 Å². The van der Waals surface area contributed by atoms with Gasteiger partial charge in [0.15, 0.2) is 0 Å². The Morgan fingerprint density at radius 2 is 1.45 bits per heavy atom. The Balaban J connectivity index is 1.71. The third kappa shape index (κ3) is 2.43. The fourth-order valence-corrected chi connectivity index (χ4v) is 4.68. The van der Waals surface area contributed by atoms with E-state index in [1.807, 2.05) is 0 Å². The molecular formula is C18H32O2. The fraction of sp³-hybridized carbons (Fsp3) is 1.00. The lowest BCUT2D eigenvalue weighted by molar-refractivity contribution is 0.0941. The molecule has 3 aliphatic rings. The van der Waals surface area contributed by atoms with Crippen molar-refractivity contribution in [2.24, 2.45) is 5.41 Å². The summed E-state index contributed by atoms with van der Waals surface area (Å²) in [4.78, 5) is 0. The maximum absolute atomic E-state index is 6.21. The largest absolute Gasteiger partial charge is 0.366 e. The molecule has 20 heavy (non-hydrogen) atoms. The molecule has 4 atom stereocenters. The normalized spacial score (nSPS) is 40.0. The first-order valence-electron chi connectivity index (χ1n) is 9.04. The van der Waals surface area contributed by atoms with Crippen molar-refractivity contribution in [2.75, 3.05) is 0 Å². The van der Waals surface area contributed by atoms with Gasteiger partial charge < -0.3 is 9.47 Å². The highest BCUT2D eigenvalue weighted by molar-refractivity contribution is 5.23. The Kier molecular flexibility index (Phi) is 4.16. The molecule has 0 aromatic rings. The summed E-state index contributed by atoms with van der Waals surface area (Å²) in [6.07, 6.45) is 14.6. The molecule has 0 radical (unpaired) electrons. The lowest BCUT2D eigenvalue weighted by atomic mass is 9.63. The summed E-state index contributed by atoms with van der Waals surface area (Å²) in [6.45, 7) is 6.91. The van der Waals surface area contributed by atoms with E-state index in [4.69, 9.17) is 9.47 Å². The number of unbranched alkanes of at least 4 members (excludes halogenated alkanes) is 3. The van der Waals surface area contributed by atoms with Crippen LogP contribution in [0.4, 0.5) is 0 Å². The first-order valence-corrected chi connectivity index (χ1v) is 9.04. The van der Waals surface area contributed by atoms with E-state index < -0.39 is 0 Å². The van der Waals surface area contributed by atoms with Gasteiger partial charge in [-0.2, -0.15) is 0 Å². The molecule has 2 heterocycles. The predicted molar refractivity (Wildman–Crippen MR) is 81.9 cm³/mol. The molecule has 2 aliphatic heterocycles. The van der Waals surface area contributed by atoms with E-state index in [9.17, 15) is 0 Å². The van der Waals surface area contributed by atoms with Crippen molar-refractivity contribution in [1.82, 2.24) is 0 Å². The molecule has 0 bridgehead atoms. The van der Waals surface area contributed by atoms with Crippen LogP contribution in [-0.4, -0.2) is 23.9 Å². The minimum atomic E-state index is 0.217. The Morgan fingerprint density at radius 3 is 2.05 bits per heavy atom. The Hall–Kier alpha value is -0.0800. The fourth-order valence-electron chi connectivity index (χ4n) is 4.68. The SMILES string of the molecule is CCCCC1(CCCC)CC2(CCCC)OC2C2OC21. The van der Waals surface area contributed by atoms with Gasteiger partial charge in [0, 0.05) is 5.41 Å². The van der Waals surface area contributed by atoms with Crippen LogP contribution < -0.4 is 0 Å². The van der Waals surface area contributed by atoms with E-state index in [0.717, 1.165) is 0 Å². The smallest absolute Gasteiger partial charge is 0.116 e. The molecule has 0 N–H and O–H groups in total. The average Bonchev–Trinajstić information content (AvgIpc) is 3.33. The molecule has 0 aromatic carbocycles. The summed E-state index contributed by atoms with van der Waals surface area (Å²) >= 11 is 0. The van der Waals surface area contributed by atoms with Gasteiger partial charge >= 0.3 is 0 Å². The summed E-state index contributed by atoms with van der Waals surface area (Å²) < 4.78 is 12.3. The second-order valence-corrected chi connectivity index (χ2v) is 7.47. The third-order valence-electron chi connectivity index (χ3n) is 5.91. The van der Waals surface area contributed by atoms with Gasteiger partial charge in [-0.15, -0.1) is 0 Å². The minimum absolute atomic E-state index is 0.217. The minimum Gasteiger partial charge on any atom is -0.366 e. The van der Waals surface area contributed by atoms with Crippen LogP contribution in [0.15, 0.2) is 0 Å². The lowest BCUT2D eigenvalue weighted by Gasteiger charge is -2.37. The van der Waals surface area contributed by atoms with E-state index in [1.54, 1.807) is 0 Å². The topological polar surface area (TPSA) is 25.1 Å². The number of rotatable bonds is 9. The van der Waals surface area contributed by atoms with Gasteiger partial charge in [0.05, 0.1) is 11.7 Å². The number of epoxide rings is 2. The Labute approximate surface area is 124 Å². The molecule has 0 spiro atoms. The maximum Gasteiger partial charge on any atom is 0.116 e. The summed E-state index contributed by atoms with van der Waals surface area (Å²) in [5.74, 6) is 0. The van der Waals surface area contributed by atoms with Gasteiger partial charge in [0.2, 0.25) is 0 Å². The maximum atomic E-state index is 6.21. The van der Waals surface area contributed by atoms with E-state index in [1.165, 1.54) is 64.2 Å². The van der Waals surface area contributed by atoms with Crippen LogP contribution >= 0.6 is 0 Å². The van der Waals surface area contributed by atoms with Crippen molar-refractivity contribution >= 4 is 0 Å². The molecule has 2 nitrogen and oxygen atoms in total. The van der Waals surface area contributed by atoms with E-state index >= 15 is 0 Å². The van der Waals surface area contributed by atoms with Crippen LogP contribution in [0, 0.1) is 5.41 Å². The van der Waals surface area contributed by atoms with Gasteiger partial charge in [-0.05, 0) is 25.7 Å². The van der Waals surface area contributed by atoms with Gasteiger partial charge in [-0.1, -0.05) is 59.3 Å². The summed E-state index contributed by atoms with van der Waals surface area (Å²) in [5.41, 5.74) is 0.659. The first-order chi connectivity index (χ1) is 9.71. The molecule has 3 rings (SSSR count). The van der Waals surface area contributed by atoms with E-state index in [0.29, 0.717) is 23.7 Å². The highest BCUT2D eigenvalue weighted by atomic mass is 16.7. The van der Waals surface area contributed by atoms with Gasteiger partial charge in [0.25, 0.3) is 0 Å². The summed E-state index contributed by atoms with van der Waals surface area (Å²) in [5, 5.41) is 0. The molecule has 1 aliphatic carbocycles. The number of hydrogen-bond donors (Lipinski definition) is 0. The van der Waals surface area contributed by atoms with E-state index in [-0.39, 0.29) is 5.60 Å². The molecule has 116 valence electrons. The molecule has 0 amide bonds. The zero-order valence-corrected chi connectivity index (χ0v) is 13.6. The van der Waals surface area contributed by atoms with Gasteiger partial charge in [0.1, 0.15) is 12.2 Å².